The number of fused-ring (bicyclic) bond motifs is 1. The SMILES string of the molecule is COC(C)(C)CC1CCN(C(=O)c2cc3cc(Cl)ccc3[nH]2)CC1. The largest absolute Gasteiger partial charge is 0.379 e. The van der Waals surface area contributed by atoms with Gasteiger partial charge in [0.15, 0.2) is 0 Å². The van der Waals surface area contributed by atoms with Crippen LogP contribution in [0.2, 0.25) is 5.02 Å². The van der Waals surface area contributed by atoms with Crippen LogP contribution in [-0.2, 0) is 4.74 Å². The average molecular weight is 349 g/mol. The number of hydrogen-bond donors (Lipinski definition) is 1. The second kappa shape index (κ2) is 6.77. The molecule has 4 nitrogen and oxygen atoms in total. The molecule has 1 aromatic heterocycles. The Hall–Kier alpha value is -1.52. The van der Waals surface area contributed by atoms with E-state index in [1.165, 1.54) is 0 Å². The zero-order valence-corrected chi connectivity index (χ0v) is 15.3. The Balaban J connectivity index is 1.64. The minimum Gasteiger partial charge on any atom is -0.379 e. The Labute approximate surface area is 148 Å². The van der Waals surface area contributed by atoms with E-state index < -0.39 is 0 Å². The third-order valence-electron chi connectivity index (χ3n) is 5.05. The molecule has 5 heteroatoms. The highest BCUT2D eigenvalue weighted by molar-refractivity contribution is 6.31. The summed E-state index contributed by atoms with van der Waals surface area (Å²) in [7, 11) is 1.76. The number of H-pyrrole nitrogens is 1. The van der Waals surface area contributed by atoms with E-state index in [1.807, 2.05) is 29.2 Å². The van der Waals surface area contributed by atoms with Crippen LogP contribution in [0.15, 0.2) is 24.3 Å². The minimum absolute atomic E-state index is 0.0757. The van der Waals surface area contributed by atoms with E-state index in [0.717, 1.165) is 43.3 Å². The molecule has 0 spiro atoms. The number of carbonyl (C=O) groups excluding carboxylic acids is 1. The van der Waals surface area contributed by atoms with Crippen molar-refractivity contribution in [3.63, 3.8) is 0 Å². The maximum Gasteiger partial charge on any atom is 0.270 e. The van der Waals surface area contributed by atoms with Gasteiger partial charge in [-0.15, -0.1) is 0 Å². The Morgan fingerprint density at radius 2 is 2.04 bits per heavy atom. The van der Waals surface area contributed by atoms with Gasteiger partial charge in [0.25, 0.3) is 5.91 Å². The van der Waals surface area contributed by atoms with Crippen LogP contribution in [0.1, 0.15) is 43.6 Å². The second-order valence-corrected chi connectivity index (χ2v) is 7.75. The van der Waals surface area contributed by atoms with Gasteiger partial charge in [-0.3, -0.25) is 4.79 Å². The Kier molecular flexibility index (Phi) is 4.88. The second-order valence-electron chi connectivity index (χ2n) is 7.32. The van der Waals surface area contributed by atoms with Crippen molar-refractivity contribution in [3.8, 4) is 0 Å². The van der Waals surface area contributed by atoms with Crippen molar-refractivity contribution in [1.82, 2.24) is 9.88 Å². The first kappa shape index (κ1) is 17.3. The van der Waals surface area contributed by atoms with E-state index in [0.29, 0.717) is 16.6 Å². The smallest absolute Gasteiger partial charge is 0.270 e. The van der Waals surface area contributed by atoms with Crippen molar-refractivity contribution < 1.29 is 9.53 Å². The number of carbonyl (C=O) groups is 1. The highest BCUT2D eigenvalue weighted by atomic mass is 35.5. The summed E-state index contributed by atoms with van der Waals surface area (Å²) in [5.41, 5.74) is 1.50. The Bertz CT molecular complexity index is 730. The molecule has 1 aromatic carbocycles. The number of ether oxygens (including phenoxy) is 1. The standard InChI is InChI=1S/C19H25ClN2O2/c1-19(2,24-3)12-13-6-8-22(9-7-13)18(23)17-11-14-10-15(20)4-5-16(14)21-17/h4-5,10-11,13,21H,6-9,12H2,1-3H3. The molecule has 0 aliphatic carbocycles. The fraction of sp³-hybridized carbons (Fsp3) is 0.526. The molecular weight excluding hydrogens is 324 g/mol. The summed E-state index contributed by atoms with van der Waals surface area (Å²) in [5.74, 6) is 0.692. The van der Waals surface area contributed by atoms with Crippen molar-refractivity contribution in [2.75, 3.05) is 20.2 Å². The predicted molar refractivity (Wildman–Crippen MR) is 97.6 cm³/mol. The van der Waals surface area contributed by atoms with Gasteiger partial charge in [0, 0.05) is 36.1 Å². The van der Waals surface area contributed by atoms with Crippen LogP contribution >= 0.6 is 11.6 Å². The number of aromatic nitrogens is 1. The van der Waals surface area contributed by atoms with Crippen LogP contribution in [0.25, 0.3) is 10.9 Å². The van der Waals surface area contributed by atoms with Gasteiger partial charge in [0.1, 0.15) is 5.69 Å². The number of likely N-dealkylation sites (tertiary alicyclic amines) is 1. The van der Waals surface area contributed by atoms with E-state index in [9.17, 15) is 4.79 Å². The van der Waals surface area contributed by atoms with Crippen LogP contribution < -0.4 is 0 Å². The molecule has 2 aromatic rings. The van der Waals surface area contributed by atoms with Gasteiger partial charge in [-0.25, -0.2) is 0 Å². The molecule has 3 rings (SSSR count). The first-order valence-electron chi connectivity index (χ1n) is 8.51. The number of aromatic amines is 1. The van der Waals surface area contributed by atoms with Crippen molar-refractivity contribution >= 4 is 28.4 Å². The molecule has 24 heavy (non-hydrogen) atoms. The van der Waals surface area contributed by atoms with Crippen LogP contribution in [0.3, 0.4) is 0 Å². The maximum absolute atomic E-state index is 12.7. The van der Waals surface area contributed by atoms with E-state index in [1.54, 1.807) is 7.11 Å². The number of nitrogens with zero attached hydrogens (tertiary/aromatic N) is 1. The molecule has 0 radical (unpaired) electrons. The Morgan fingerprint density at radius 3 is 2.71 bits per heavy atom. The van der Waals surface area contributed by atoms with Gasteiger partial charge in [-0.1, -0.05) is 11.6 Å². The summed E-state index contributed by atoms with van der Waals surface area (Å²) < 4.78 is 5.53. The van der Waals surface area contributed by atoms with E-state index in [-0.39, 0.29) is 11.5 Å². The highest BCUT2D eigenvalue weighted by Gasteiger charge is 2.28. The zero-order valence-electron chi connectivity index (χ0n) is 14.6. The third-order valence-corrected chi connectivity index (χ3v) is 5.28. The van der Waals surface area contributed by atoms with Crippen LogP contribution in [0, 0.1) is 5.92 Å². The van der Waals surface area contributed by atoms with Gasteiger partial charge in [0.2, 0.25) is 0 Å². The zero-order chi connectivity index (χ0) is 17.3. The topological polar surface area (TPSA) is 45.3 Å². The number of benzene rings is 1. The normalized spacial score (nSPS) is 16.8. The summed E-state index contributed by atoms with van der Waals surface area (Å²) in [6.45, 7) is 5.86. The summed E-state index contributed by atoms with van der Waals surface area (Å²) in [6.07, 6.45) is 3.10. The first-order valence-corrected chi connectivity index (χ1v) is 8.88. The van der Waals surface area contributed by atoms with E-state index >= 15 is 0 Å². The maximum atomic E-state index is 12.7. The van der Waals surface area contributed by atoms with E-state index in [4.69, 9.17) is 16.3 Å². The lowest BCUT2D eigenvalue weighted by Crippen LogP contribution is -2.40. The number of halogens is 1. The summed E-state index contributed by atoms with van der Waals surface area (Å²) >= 11 is 6.02. The molecule has 0 bridgehead atoms. The van der Waals surface area contributed by atoms with Crippen molar-refractivity contribution in [2.24, 2.45) is 5.92 Å². The minimum atomic E-state index is -0.0900. The fourth-order valence-corrected chi connectivity index (χ4v) is 3.69. The molecular formula is C19H25ClN2O2. The quantitative estimate of drug-likeness (QED) is 0.884. The monoisotopic (exact) mass is 348 g/mol. The summed E-state index contributed by atoms with van der Waals surface area (Å²) in [5, 5.41) is 1.66. The molecule has 0 saturated carbocycles. The number of amides is 1. The molecule has 130 valence electrons. The molecule has 2 heterocycles. The lowest BCUT2D eigenvalue weighted by Gasteiger charge is -2.35. The molecule has 1 fully saturated rings. The van der Waals surface area contributed by atoms with Gasteiger partial charge < -0.3 is 14.6 Å². The Morgan fingerprint density at radius 1 is 1.33 bits per heavy atom. The van der Waals surface area contributed by atoms with Crippen molar-refractivity contribution in [3.05, 3.63) is 35.0 Å². The number of methoxy groups -OCH3 is 1. The lowest BCUT2D eigenvalue weighted by molar-refractivity contribution is -0.00569. The molecule has 0 atom stereocenters. The summed E-state index contributed by atoms with van der Waals surface area (Å²) in [6, 6.07) is 7.51. The molecule has 1 saturated heterocycles. The lowest BCUT2D eigenvalue weighted by atomic mass is 9.86. The van der Waals surface area contributed by atoms with E-state index in [2.05, 4.69) is 18.8 Å². The number of hydrogen-bond acceptors (Lipinski definition) is 2. The molecule has 1 aliphatic rings. The van der Waals surface area contributed by atoms with Crippen LogP contribution in [0.4, 0.5) is 0 Å². The summed E-state index contributed by atoms with van der Waals surface area (Å²) in [4.78, 5) is 17.9. The molecule has 1 N–H and O–H groups in total. The van der Waals surface area contributed by atoms with Gasteiger partial charge in [-0.05, 0) is 63.3 Å². The fourth-order valence-electron chi connectivity index (χ4n) is 3.51. The van der Waals surface area contributed by atoms with Gasteiger partial charge >= 0.3 is 0 Å². The predicted octanol–water partition coefficient (Wildman–Crippen LogP) is 4.49. The number of rotatable bonds is 4. The highest BCUT2D eigenvalue weighted by Crippen LogP contribution is 2.29. The number of piperidine rings is 1. The van der Waals surface area contributed by atoms with Crippen molar-refractivity contribution in [1.29, 1.82) is 0 Å². The van der Waals surface area contributed by atoms with Gasteiger partial charge in [0.05, 0.1) is 5.60 Å². The number of nitrogens with one attached hydrogen (secondary N) is 1. The third kappa shape index (κ3) is 3.76. The molecule has 1 amide bonds. The first-order chi connectivity index (χ1) is 11.4. The van der Waals surface area contributed by atoms with Crippen LogP contribution in [0.5, 0.6) is 0 Å². The van der Waals surface area contributed by atoms with Gasteiger partial charge in [-0.2, -0.15) is 0 Å². The van der Waals surface area contributed by atoms with Crippen LogP contribution in [-0.4, -0.2) is 41.6 Å². The molecule has 0 unspecified atom stereocenters. The molecule has 1 aliphatic heterocycles. The van der Waals surface area contributed by atoms with Crippen molar-refractivity contribution in [2.45, 2.75) is 38.7 Å². The average Bonchev–Trinajstić information content (AvgIpc) is 2.97.